The lowest BCUT2D eigenvalue weighted by molar-refractivity contribution is -0.117. The molecule has 0 aliphatic rings. The summed E-state index contributed by atoms with van der Waals surface area (Å²) in [6.45, 7) is 3.61. The first kappa shape index (κ1) is 23.9. The molecule has 0 aliphatic carbocycles. The average molecular weight is 470 g/mol. The molecule has 0 saturated heterocycles. The monoisotopic (exact) mass is 469 g/mol. The maximum Gasteiger partial charge on any atom is 0.261 e. The van der Waals surface area contributed by atoms with Crippen LogP contribution in [0.4, 0.5) is 15.8 Å². The number of nitrogens with two attached hydrogens (primary N) is 1. The standard InChI is InChI=1S/C24H24FN3O4S/c1-16-4-3-5-20(14-16)28(13-12-23(26)29)24(30)22-15-21(11-6-17(22)2)33(31,32)27-19-9-7-18(25)8-10-19/h3-11,14-15,27H,12-13H2,1-2H3,(H2,26,29). The molecule has 0 aliphatic heterocycles. The van der Waals surface area contributed by atoms with E-state index in [0.29, 0.717) is 11.3 Å². The van der Waals surface area contributed by atoms with Gasteiger partial charge in [0.1, 0.15) is 5.82 Å². The second kappa shape index (κ2) is 9.83. The van der Waals surface area contributed by atoms with Crippen molar-refractivity contribution in [2.24, 2.45) is 5.73 Å². The number of nitrogens with one attached hydrogen (secondary N) is 1. The Kier molecular flexibility index (Phi) is 7.13. The van der Waals surface area contributed by atoms with Crippen LogP contribution in [0.25, 0.3) is 0 Å². The van der Waals surface area contributed by atoms with Gasteiger partial charge in [0.15, 0.2) is 0 Å². The number of amides is 2. The van der Waals surface area contributed by atoms with Gasteiger partial charge in [-0.05, 0) is 73.5 Å². The molecule has 33 heavy (non-hydrogen) atoms. The number of carbonyl (C=O) groups is 2. The summed E-state index contributed by atoms with van der Waals surface area (Å²) in [4.78, 5) is 26.1. The molecule has 3 aromatic carbocycles. The van der Waals surface area contributed by atoms with Crippen LogP contribution in [-0.2, 0) is 14.8 Å². The first-order valence-corrected chi connectivity index (χ1v) is 11.6. The van der Waals surface area contributed by atoms with Crippen LogP contribution in [0.3, 0.4) is 0 Å². The van der Waals surface area contributed by atoms with E-state index in [9.17, 15) is 22.4 Å². The second-order valence-corrected chi connectivity index (χ2v) is 9.28. The Morgan fingerprint density at radius 3 is 2.33 bits per heavy atom. The Balaban J connectivity index is 1.98. The number of aryl methyl sites for hydroxylation is 2. The normalized spacial score (nSPS) is 11.1. The number of rotatable bonds is 8. The van der Waals surface area contributed by atoms with Crippen LogP contribution >= 0.6 is 0 Å². The molecular weight excluding hydrogens is 445 g/mol. The zero-order valence-electron chi connectivity index (χ0n) is 18.2. The van der Waals surface area contributed by atoms with E-state index in [1.165, 1.54) is 35.2 Å². The Morgan fingerprint density at radius 2 is 1.70 bits per heavy atom. The molecule has 0 bridgehead atoms. The highest BCUT2D eigenvalue weighted by Crippen LogP contribution is 2.24. The van der Waals surface area contributed by atoms with Crippen molar-refractivity contribution in [2.45, 2.75) is 25.2 Å². The Hall–Kier alpha value is -3.72. The van der Waals surface area contributed by atoms with Crippen molar-refractivity contribution in [1.82, 2.24) is 0 Å². The van der Waals surface area contributed by atoms with Gasteiger partial charge in [0.2, 0.25) is 5.91 Å². The summed E-state index contributed by atoms with van der Waals surface area (Å²) in [5.41, 5.74) is 7.70. The summed E-state index contributed by atoms with van der Waals surface area (Å²) in [5, 5.41) is 0. The van der Waals surface area contributed by atoms with Crippen molar-refractivity contribution in [3.8, 4) is 0 Å². The molecule has 0 fully saturated rings. The number of carbonyl (C=O) groups excluding carboxylic acids is 2. The SMILES string of the molecule is Cc1cccc(N(CCC(N)=O)C(=O)c2cc(S(=O)(=O)Nc3ccc(F)cc3)ccc2C)c1. The highest BCUT2D eigenvalue weighted by molar-refractivity contribution is 7.92. The summed E-state index contributed by atoms with van der Waals surface area (Å²) in [7, 11) is -4.04. The minimum atomic E-state index is -4.04. The van der Waals surface area contributed by atoms with Gasteiger partial charge in [0, 0.05) is 29.9 Å². The number of hydrogen-bond donors (Lipinski definition) is 2. The van der Waals surface area contributed by atoms with E-state index in [-0.39, 0.29) is 29.1 Å². The fourth-order valence-electron chi connectivity index (χ4n) is 3.24. The first-order valence-electron chi connectivity index (χ1n) is 10.1. The van der Waals surface area contributed by atoms with E-state index in [1.54, 1.807) is 25.1 Å². The molecule has 0 spiro atoms. The molecule has 172 valence electrons. The van der Waals surface area contributed by atoms with Crippen LogP contribution < -0.4 is 15.4 Å². The number of hydrogen-bond acceptors (Lipinski definition) is 4. The summed E-state index contributed by atoms with van der Waals surface area (Å²) in [6, 6.07) is 16.3. The summed E-state index contributed by atoms with van der Waals surface area (Å²) in [5.74, 6) is -1.51. The summed E-state index contributed by atoms with van der Waals surface area (Å²) in [6.07, 6.45) is -0.0527. The van der Waals surface area contributed by atoms with Gasteiger partial charge < -0.3 is 10.6 Å². The van der Waals surface area contributed by atoms with E-state index < -0.39 is 27.7 Å². The van der Waals surface area contributed by atoms with Crippen molar-refractivity contribution in [3.63, 3.8) is 0 Å². The topological polar surface area (TPSA) is 110 Å². The molecule has 9 heteroatoms. The van der Waals surface area contributed by atoms with Gasteiger partial charge in [0.25, 0.3) is 15.9 Å². The zero-order valence-corrected chi connectivity index (χ0v) is 19.0. The molecule has 3 aromatic rings. The number of primary amides is 1. The molecule has 3 N–H and O–H groups in total. The lowest BCUT2D eigenvalue weighted by Gasteiger charge is -2.24. The lowest BCUT2D eigenvalue weighted by Crippen LogP contribution is -2.34. The number of nitrogens with zero attached hydrogens (tertiary/aromatic N) is 1. The molecule has 0 unspecified atom stereocenters. The third kappa shape index (κ3) is 5.95. The minimum absolute atomic E-state index is 0.0435. The van der Waals surface area contributed by atoms with Gasteiger partial charge in [-0.25, -0.2) is 12.8 Å². The van der Waals surface area contributed by atoms with Crippen LogP contribution in [0, 0.1) is 19.7 Å². The molecule has 0 radical (unpaired) electrons. The van der Waals surface area contributed by atoms with Crippen LogP contribution in [0.1, 0.15) is 27.9 Å². The lowest BCUT2D eigenvalue weighted by atomic mass is 10.1. The van der Waals surface area contributed by atoms with Gasteiger partial charge in [0.05, 0.1) is 4.90 Å². The number of anilines is 2. The third-order valence-corrected chi connectivity index (χ3v) is 6.37. The van der Waals surface area contributed by atoms with Crippen molar-refractivity contribution in [1.29, 1.82) is 0 Å². The fourth-order valence-corrected chi connectivity index (χ4v) is 4.33. The first-order chi connectivity index (χ1) is 15.6. The van der Waals surface area contributed by atoms with Gasteiger partial charge in [-0.3, -0.25) is 14.3 Å². The molecule has 0 heterocycles. The van der Waals surface area contributed by atoms with Gasteiger partial charge in [-0.15, -0.1) is 0 Å². The zero-order chi connectivity index (χ0) is 24.2. The molecule has 7 nitrogen and oxygen atoms in total. The van der Waals surface area contributed by atoms with Crippen molar-refractivity contribution in [3.05, 3.63) is 89.2 Å². The Labute approximate surface area is 192 Å². The predicted octanol–water partition coefficient (Wildman–Crippen LogP) is 3.77. The highest BCUT2D eigenvalue weighted by atomic mass is 32.2. The van der Waals surface area contributed by atoms with Gasteiger partial charge >= 0.3 is 0 Å². The quantitative estimate of drug-likeness (QED) is 0.523. The van der Waals surface area contributed by atoms with Crippen LogP contribution in [-0.4, -0.2) is 26.8 Å². The second-order valence-electron chi connectivity index (χ2n) is 7.60. The van der Waals surface area contributed by atoms with E-state index in [4.69, 9.17) is 5.73 Å². The molecule has 0 aromatic heterocycles. The predicted molar refractivity (Wildman–Crippen MR) is 125 cm³/mol. The van der Waals surface area contributed by atoms with E-state index in [0.717, 1.165) is 17.7 Å². The molecule has 0 atom stereocenters. The van der Waals surface area contributed by atoms with E-state index in [2.05, 4.69) is 4.72 Å². The fraction of sp³-hybridized carbons (Fsp3) is 0.167. The maximum absolute atomic E-state index is 13.5. The van der Waals surface area contributed by atoms with Crippen molar-refractivity contribution in [2.75, 3.05) is 16.2 Å². The van der Waals surface area contributed by atoms with Gasteiger partial charge in [-0.2, -0.15) is 0 Å². The Morgan fingerprint density at radius 1 is 1.00 bits per heavy atom. The largest absolute Gasteiger partial charge is 0.370 e. The van der Waals surface area contributed by atoms with Crippen molar-refractivity contribution >= 4 is 33.2 Å². The smallest absolute Gasteiger partial charge is 0.261 e. The summed E-state index contributed by atoms with van der Waals surface area (Å²) >= 11 is 0. The minimum Gasteiger partial charge on any atom is -0.370 e. The summed E-state index contributed by atoms with van der Waals surface area (Å²) < 4.78 is 41.3. The van der Waals surface area contributed by atoms with E-state index in [1.807, 2.05) is 13.0 Å². The van der Waals surface area contributed by atoms with Crippen LogP contribution in [0.2, 0.25) is 0 Å². The van der Waals surface area contributed by atoms with Crippen LogP contribution in [0.5, 0.6) is 0 Å². The maximum atomic E-state index is 13.5. The third-order valence-electron chi connectivity index (χ3n) is 4.99. The van der Waals surface area contributed by atoms with Gasteiger partial charge in [-0.1, -0.05) is 18.2 Å². The van der Waals surface area contributed by atoms with E-state index >= 15 is 0 Å². The number of sulfonamides is 1. The van der Waals surface area contributed by atoms with Crippen LogP contribution in [0.15, 0.2) is 71.6 Å². The number of benzene rings is 3. The Bertz CT molecular complexity index is 1290. The molecule has 2 amide bonds. The molecular formula is C24H24FN3O4S. The average Bonchev–Trinajstić information content (AvgIpc) is 2.75. The number of halogens is 1. The molecule has 3 rings (SSSR count). The molecule has 0 saturated carbocycles. The highest BCUT2D eigenvalue weighted by Gasteiger charge is 2.23. The van der Waals surface area contributed by atoms with Crippen molar-refractivity contribution < 1.29 is 22.4 Å².